The first kappa shape index (κ1) is 19.6. The molecule has 3 N–H and O–H groups in total. The first-order valence-electron chi connectivity index (χ1n) is 11.2. The number of anilines is 1. The summed E-state index contributed by atoms with van der Waals surface area (Å²) in [5.74, 6) is 0.717. The van der Waals surface area contributed by atoms with Crippen LogP contribution in [0.5, 0.6) is 0 Å². The lowest BCUT2D eigenvalue weighted by Gasteiger charge is -2.06. The average Bonchev–Trinajstić information content (AvgIpc) is 3.26. The molecule has 0 radical (unpaired) electrons. The van der Waals surface area contributed by atoms with Crippen LogP contribution in [0.2, 0.25) is 0 Å². The molecule has 1 aliphatic carbocycles. The van der Waals surface area contributed by atoms with Crippen LogP contribution in [0.25, 0.3) is 56.1 Å². The van der Waals surface area contributed by atoms with E-state index in [1.165, 1.54) is 0 Å². The molecule has 6 aromatic heterocycles. The van der Waals surface area contributed by atoms with Gasteiger partial charge in [-0.15, -0.1) is 0 Å². The summed E-state index contributed by atoms with van der Waals surface area (Å²) in [6.07, 6.45) is 10.3. The van der Waals surface area contributed by atoms with E-state index in [9.17, 15) is 4.79 Å². The van der Waals surface area contributed by atoms with Crippen molar-refractivity contribution in [2.75, 3.05) is 5.32 Å². The Bertz CT molecular complexity index is 1710. The van der Waals surface area contributed by atoms with Gasteiger partial charge in [0.05, 0.1) is 41.1 Å². The second-order valence-corrected chi connectivity index (χ2v) is 8.55. The van der Waals surface area contributed by atoms with Gasteiger partial charge in [-0.2, -0.15) is 5.10 Å². The quantitative estimate of drug-likeness (QED) is 0.341. The molecule has 170 valence electrons. The van der Waals surface area contributed by atoms with Crippen molar-refractivity contribution in [1.29, 1.82) is 0 Å². The molecule has 0 atom stereocenters. The Labute approximate surface area is 197 Å². The number of nitrogens with one attached hydrogen (secondary N) is 3. The van der Waals surface area contributed by atoms with Crippen molar-refractivity contribution in [1.82, 2.24) is 35.1 Å². The first-order chi connectivity index (χ1) is 17.2. The molecular formula is C25H18N8O2. The molecule has 35 heavy (non-hydrogen) atoms. The maximum atomic E-state index is 12.1. The van der Waals surface area contributed by atoms with Crippen LogP contribution >= 0.6 is 0 Å². The van der Waals surface area contributed by atoms with Gasteiger partial charge in [-0.1, -0.05) is 0 Å². The van der Waals surface area contributed by atoms with Gasteiger partial charge in [0.15, 0.2) is 17.2 Å². The lowest BCUT2D eigenvalue weighted by atomic mass is 10.1. The number of furan rings is 1. The highest BCUT2D eigenvalue weighted by Gasteiger charge is 2.29. The van der Waals surface area contributed by atoms with Crippen LogP contribution in [0.15, 0.2) is 65.9 Å². The molecule has 0 unspecified atom stereocenters. The highest BCUT2D eigenvalue weighted by Crippen LogP contribution is 2.32. The Balaban J connectivity index is 1.29. The van der Waals surface area contributed by atoms with Crippen molar-refractivity contribution in [2.45, 2.75) is 12.8 Å². The summed E-state index contributed by atoms with van der Waals surface area (Å²) < 4.78 is 5.24. The third-order valence-electron chi connectivity index (χ3n) is 6.11. The Morgan fingerprint density at radius 2 is 2.03 bits per heavy atom. The predicted octanol–water partition coefficient (Wildman–Crippen LogP) is 4.57. The molecule has 6 aromatic rings. The maximum absolute atomic E-state index is 12.1. The van der Waals surface area contributed by atoms with Crippen LogP contribution in [0.3, 0.4) is 0 Å². The number of hydrogen-bond acceptors (Lipinski definition) is 7. The minimum absolute atomic E-state index is 0.0396. The number of carbonyl (C=O) groups excluding carboxylic acids is 1. The summed E-state index contributed by atoms with van der Waals surface area (Å²) >= 11 is 0. The molecule has 10 heteroatoms. The van der Waals surface area contributed by atoms with E-state index in [1.807, 2.05) is 30.3 Å². The van der Waals surface area contributed by atoms with E-state index >= 15 is 0 Å². The zero-order chi connectivity index (χ0) is 23.4. The van der Waals surface area contributed by atoms with E-state index in [-0.39, 0.29) is 11.8 Å². The van der Waals surface area contributed by atoms with Crippen LogP contribution in [0, 0.1) is 5.92 Å². The summed E-state index contributed by atoms with van der Waals surface area (Å²) in [5, 5.41) is 10.4. The van der Waals surface area contributed by atoms with Gasteiger partial charge in [0.1, 0.15) is 5.52 Å². The minimum atomic E-state index is 0.0396. The Morgan fingerprint density at radius 3 is 2.89 bits per heavy atom. The van der Waals surface area contributed by atoms with Crippen LogP contribution < -0.4 is 5.32 Å². The highest BCUT2D eigenvalue weighted by atomic mass is 16.3. The number of H-pyrrole nitrogens is 2. The van der Waals surface area contributed by atoms with E-state index in [2.05, 4.69) is 35.5 Å². The fourth-order valence-corrected chi connectivity index (χ4v) is 4.14. The second kappa shape index (κ2) is 7.59. The van der Waals surface area contributed by atoms with Gasteiger partial charge in [0.2, 0.25) is 5.91 Å². The minimum Gasteiger partial charge on any atom is -0.472 e. The number of hydrogen-bond donors (Lipinski definition) is 3. The summed E-state index contributed by atoms with van der Waals surface area (Å²) in [5.41, 5.74) is 7.43. The number of aromatic amines is 2. The standard InChI is InChI=1S/C25H18N8O2/c34-25(13-1-2-13)28-16-9-15(10-26-11-16)18-3-4-19-21(29-18)22(33-32-19)24-30-20-17(14-6-8-35-12-14)5-7-27-23(20)31-24/h3-13H,1-2H2,(H,28,34)(H,32,33)(H,27,30,31). The second-order valence-electron chi connectivity index (χ2n) is 8.55. The van der Waals surface area contributed by atoms with Gasteiger partial charge in [-0.25, -0.2) is 15.0 Å². The van der Waals surface area contributed by atoms with Crippen LogP contribution in [-0.2, 0) is 4.79 Å². The lowest BCUT2D eigenvalue weighted by molar-refractivity contribution is -0.117. The fraction of sp³-hybridized carbons (Fsp3) is 0.120. The summed E-state index contributed by atoms with van der Waals surface area (Å²) in [6.45, 7) is 0. The monoisotopic (exact) mass is 462 g/mol. The topological polar surface area (TPSA) is 138 Å². The number of nitrogens with zero attached hydrogens (tertiary/aromatic N) is 5. The molecule has 10 nitrogen and oxygen atoms in total. The van der Waals surface area contributed by atoms with Crippen LogP contribution in [0.1, 0.15) is 12.8 Å². The Kier molecular flexibility index (Phi) is 4.25. The third kappa shape index (κ3) is 3.43. The molecule has 1 aliphatic rings. The molecule has 7 rings (SSSR count). The van der Waals surface area contributed by atoms with Gasteiger partial charge < -0.3 is 14.7 Å². The number of aromatic nitrogens is 7. The summed E-state index contributed by atoms with van der Waals surface area (Å²) in [4.78, 5) is 33.7. The normalized spacial score (nSPS) is 13.5. The van der Waals surface area contributed by atoms with Crippen molar-refractivity contribution in [2.24, 2.45) is 5.92 Å². The van der Waals surface area contributed by atoms with Crippen LogP contribution in [0.4, 0.5) is 5.69 Å². The molecule has 0 saturated heterocycles. The highest BCUT2D eigenvalue weighted by molar-refractivity contribution is 5.96. The van der Waals surface area contributed by atoms with Crippen molar-refractivity contribution < 1.29 is 9.21 Å². The molecular weight excluding hydrogens is 444 g/mol. The van der Waals surface area contributed by atoms with Crippen LogP contribution in [-0.4, -0.2) is 41.0 Å². The summed E-state index contributed by atoms with van der Waals surface area (Å²) in [6, 6.07) is 9.49. The molecule has 1 fully saturated rings. The number of amides is 1. The zero-order valence-corrected chi connectivity index (χ0v) is 18.3. The molecule has 0 spiro atoms. The average molecular weight is 462 g/mol. The van der Waals surface area contributed by atoms with Gasteiger partial charge >= 0.3 is 0 Å². The van der Waals surface area contributed by atoms with Crippen molar-refractivity contribution in [3.05, 3.63) is 61.4 Å². The van der Waals surface area contributed by atoms with E-state index in [1.54, 1.807) is 31.1 Å². The first-order valence-corrected chi connectivity index (χ1v) is 11.2. The molecule has 1 amide bonds. The Morgan fingerprint density at radius 1 is 1.09 bits per heavy atom. The molecule has 0 bridgehead atoms. The van der Waals surface area contributed by atoms with Gasteiger partial charge in [0, 0.05) is 35.0 Å². The van der Waals surface area contributed by atoms with E-state index in [4.69, 9.17) is 9.40 Å². The van der Waals surface area contributed by atoms with Gasteiger partial charge in [0.25, 0.3) is 0 Å². The summed E-state index contributed by atoms with van der Waals surface area (Å²) in [7, 11) is 0. The van der Waals surface area contributed by atoms with Crippen molar-refractivity contribution in [3.8, 4) is 33.9 Å². The molecule has 0 aliphatic heterocycles. The molecule has 0 aromatic carbocycles. The van der Waals surface area contributed by atoms with Crippen molar-refractivity contribution >= 4 is 33.8 Å². The number of imidazole rings is 1. The van der Waals surface area contributed by atoms with E-state index < -0.39 is 0 Å². The van der Waals surface area contributed by atoms with E-state index in [0.717, 1.165) is 40.6 Å². The number of fused-ring (bicyclic) bond motifs is 2. The smallest absolute Gasteiger partial charge is 0.227 e. The van der Waals surface area contributed by atoms with Crippen molar-refractivity contribution in [3.63, 3.8) is 0 Å². The SMILES string of the molecule is O=C(Nc1cncc(-c2ccc3[nH]nc(-c4nc5nccc(-c6ccoc6)c5[nH]4)c3n2)c1)C1CC1. The van der Waals surface area contributed by atoms with Gasteiger partial charge in [-0.3, -0.25) is 14.9 Å². The number of rotatable bonds is 5. The molecule has 1 saturated carbocycles. The Hall–Kier alpha value is -4.86. The third-order valence-corrected chi connectivity index (χ3v) is 6.11. The van der Waals surface area contributed by atoms with E-state index in [0.29, 0.717) is 34.1 Å². The number of carbonyl (C=O) groups is 1. The molecule has 6 heterocycles. The lowest BCUT2D eigenvalue weighted by Crippen LogP contribution is -2.13. The predicted molar refractivity (Wildman–Crippen MR) is 129 cm³/mol. The maximum Gasteiger partial charge on any atom is 0.227 e. The number of pyridine rings is 3. The largest absolute Gasteiger partial charge is 0.472 e. The zero-order valence-electron chi connectivity index (χ0n) is 18.3. The van der Waals surface area contributed by atoms with Gasteiger partial charge in [-0.05, 0) is 43.2 Å². The fourth-order valence-electron chi connectivity index (χ4n) is 4.14.